The van der Waals surface area contributed by atoms with Crippen molar-refractivity contribution in [2.45, 2.75) is 290 Å². The summed E-state index contributed by atoms with van der Waals surface area (Å²) in [5.74, 6) is -0.993. The van der Waals surface area contributed by atoms with Gasteiger partial charge in [-0.15, -0.1) is 0 Å². The molecule has 0 amide bonds. The molecule has 432 valence electrons. The number of unbranched alkanes of at least 4 members (excludes halogenated alkanes) is 25. The van der Waals surface area contributed by atoms with Crippen LogP contribution in [0.2, 0.25) is 0 Å². The van der Waals surface area contributed by atoms with Crippen molar-refractivity contribution in [2.24, 2.45) is 0 Å². The van der Waals surface area contributed by atoms with Gasteiger partial charge in [-0.1, -0.05) is 271 Å². The zero-order chi connectivity index (χ0) is 55.0. The van der Waals surface area contributed by atoms with Gasteiger partial charge in [0.05, 0.1) is 0 Å². The Bertz CT molecular complexity index is 1590. The molecule has 0 aliphatic heterocycles. The lowest BCUT2D eigenvalue weighted by Crippen LogP contribution is -2.30. The van der Waals surface area contributed by atoms with Gasteiger partial charge in [-0.2, -0.15) is 0 Å². The van der Waals surface area contributed by atoms with E-state index in [9.17, 15) is 14.4 Å². The maximum atomic E-state index is 12.9. The molecule has 0 aliphatic carbocycles. The molecule has 1 atom stereocenters. The van der Waals surface area contributed by atoms with Gasteiger partial charge in [-0.3, -0.25) is 14.4 Å². The Morgan fingerprint density at radius 1 is 0.276 bits per heavy atom. The number of ether oxygens (including phenoxy) is 3. The minimum absolute atomic E-state index is 0.105. The van der Waals surface area contributed by atoms with Gasteiger partial charge in [0.1, 0.15) is 13.2 Å². The number of hydrogen-bond donors (Lipinski definition) is 0. The number of allylic oxidation sites excluding steroid dienone is 20. The molecule has 1 unspecified atom stereocenters. The molecule has 0 heterocycles. The summed E-state index contributed by atoms with van der Waals surface area (Å²) in [7, 11) is 0. The molecule has 0 saturated carbocycles. The van der Waals surface area contributed by atoms with Crippen LogP contribution in [0.5, 0.6) is 0 Å². The number of hydrogen-bond acceptors (Lipinski definition) is 6. The Morgan fingerprint density at radius 2 is 0.539 bits per heavy atom. The second-order valence-electron chi connectivity index (χ2n) is 20.5. The van der Waals surface area contributed by atoms with Crippen molar-refractivity contribution in [1.82, 2.24) is 0 Å². The molecule has 6 nitrogen and oxygen atoms in total. The fourth-order valence-electron chi connectivity index (χ4n) is 8.54. The van der Waals surface area contributed by atoms with Gasteiger partial charge in [-0.25, -0.2) is 0 Å². The van der Waals surface area contributed by atoms with Crippen molar-refractivity contribution in [3.05, 3.63) is 122 Å². The summed E-state index contributed by atoms with van der Waals surface area (Å²) in [6, 6.07) is 0. The number of carbonyl (C=O) groups excluding carboxylic acids is 3. The van der Waals surface area contributed by atoms with Crippen LogP contribution in [-0.2, 0) is 28.6 Å². The van der Waals surface area contributed by atoms with Crippen LogP contribution >= 0.6 is 0 Å². The predicted molar refractivity (Wildman–Crippen MR) is 330 cm³/mol. The van der Waals surface area contributed by atoms with Gasteiger partial charge < -0.3 is 14.2 Å². The first-order valence-electron chi connectivity index (χ1n) is 31.5. The first-order chi connectivity index (χ1) is 37.5. The third kappa shape index (κ3) is 60.7. The van der Waals surface area contributed by atoms with Crippen LogP contribution in [0.25, 0.3) is 0 Å². The van der Waals surface area contributed by atoms with Crippen LogP contribution < -0.4 is 0 Å². The minimum Gasteiger partial charge on any atom is -0.462 e. The molecule has 6 heteroatoms. The summed E-state index contributed by atoms with van der Waals surface area (Å²) < 4.78 is 16.8. The maximum absolute atomic E-state index is 12.9. The van der Waals surface area contributed by atoms with E-state index in [1.165, 1.54) is 141 Å². The highest BCUT2D eigenvalue weighted by Crippen LogP contribution is 2.15. The lowest BCUT2D eigenvalue weighted by molar-refractivity contribution is -0.166. The SMILES string of the molecule is CC/C=C\C/C=C\C/C=C\C/C=C\C/C=C\CCCCCCCCCCCCCC(=O)OCC(COC(=O)CC/C=C\C/C=C\C/C=C\C/C=C\CC)OC(=O)CCCCCCCCC/C=C\CCCCCCCCC. The average molecular weight is 1050 g/mol. The summed E-state index contributed by atoms with van der Waals surface area (Å²) in [5.41, 5.74) is 0. The van der Waals surface area contributed by atoms with E-state index in [0.717, 1.165) is 96.3 Å². The van der Waals surface area contributed by atoms with Crippen molar-refractivity contribution >= 4 is 17.9 Å². The average Bonchev–Trinajstić information content (AvgIpc) is 3.42. The van der Waals surface area contributed by atoms with Gasteiger partial charge in [0.25, 0.3) is 0 Å². The van der Waals surface area contributed by atoms with Gasteiger partial charge in [0, 0.05) is 19.3 Å². The van der Waals surface area contributed by atoms with E-state index in [2.05, 4.69) is 136 Å². The molecule has 0 saturated heterocycles. The Hall–Kier alpha value is -4.19. The van der Waals surface area contributed by atoms with Gasteiger partial charge >= 0.3 is 17.9 Å². The molecule has 76 heavy (non-hydrogen) atoms. The fourth-order valence-corrected chi connectivity index (χ4v) is 8.54. The van der Waals surface area contributed by atoms with E-state index >= 15 is 0 Å². The minimum atomic E-state index is -0.814. The molecule has 0 aliphatic rings. The molecule has 0 spiro atoms. The van der Waals surface area contributed by atoms with Gasteiger partial charge in [0.2, 0.25) is 0 Å². The van der Waals surface area contributed by atoms with Gasteiger partial charge in [-0.05, 0) is 116 Å². The quantitative estimate of drug-likeness (QED) is 0.0261. The van der Waals surface area contributed by atoms with Crippen LogP contribution in [0.15, 0.2) is 122 Å². The molecule has 0 fully saturated rings. The van der Waals surface area contributed by atoms with Crippen molar-refractivity contribution in [3.8, 4) is 0 Å². The molecule has 0 bridgehead atoms. The van der Waals surface area contributed by atoms with E-state index in [1.54, 1.807) is 0 Å². The van der Waals surface area contributed by atoms with E-state index in [1.807, 2.05) is 6.08 Å². The lowest BCUT2D eigenvalue weighted by Gasteiger charge is -2.18. The van der Waals surface area contributed by atoms with Crippen molar-refractivity contribution in [2.75, 3.05) is 13.2 Å². The molecule has 0 aromatic carbocycles. The predicted octanol–water partition coefficient (Wildman–Crippen LogP) is 21.6. The molecule has 0 rings (SSSR count). The summed E-state index contributed by atoms with van der Waals surface area (Å²) in [6.07, 6.45) is 87.9. The number of rotatable bonds is 56. The zero-order valence-corrected chi connectivity index (χ0v) is 49.5. The highest BCUT2D eigenvalue weighted by atomic mass is 16.6. The van der Waals surface area contributed by atoms with Gasteiger partial charge in [0.15, 0.2) is 6.10 Å². The lowest BCUT2D eigenvalue weighted by atomic mass is 10.0. The van der Waals surface area contributed by atoms with E-state index < -0.39 is 6.10 Å². The Labute approximate surface area is 469 Å². The second kappa shape index (κ2) is 63.3. The van der Waals surface area contributed by atoms with Crippen LogP contribution in [0, 0.1) is 0 Å². The van der Waals surface area contributed by atoms with Crippen molar-refractivity contribution in [3.63, 3.8) is 0 Å². The first-order valence-corrected chi connectivity index (χ1v) is 31.5. The topological polar surface area (TPSA) is 78.9 Å². The Morgan fingerprint density at radius 3 is 0.895 bits per heavy atom. The smallest absolute Gasteiger partial charge is 0.306 e. The molecular formula is C70H116O6. The second-order valence-corrected chi connectivity index (χ2v) is 20.5. The highest BCUT2D eigenvalue weighted by Gasteiger charge is 2.19. The van der Waals surface area contributed by atoms with Crippen LogP contribution in [0.1, 0.15) is 284 Å². The van der Waals surface area contributed by atoms with Crippen LogP contribution in [0.4, 0.5) is 0 Å². The molecule has 0 N–H and O–H groups in total. The summed E-state index contributed by atoms with van der Waals surface area (Å²) in [6.45, 7) is 6.35. The first kappa shape index (κ1) is 71.8. The summed E-state index contributed by atoms with van der Waals surface area (Å²) >= 11 is 0. The Kier molecular flexibility index (Phi) is 59.9. The summed E-state index contributed by atoms with van der Waals surface area (Å²) in [5, 5.41) is 0. The molecule has 0 radical (unpaired) electrons. The van der Waals surface area contributed by atoms with Crippen LogP contribution in [-0.4, -0.2) is 37.2 Å². The number of esters is 3. The molecule has 0 aromatic heterocycles. The van der Waals surface area contributed by atoms with Crippen molar-refractivity contribution in [1.29, 1.82) is 0 Å². The third-order valence-corrected chi connectivity index (χ3v) is 13.2. The normalized spacial score (nSPS) is 12.9. The van der Waals surface area contributed by atoms with E-state index in [-0.39, 0.29) is 37.5 Å². The zero-order valence-electron chi connectivity index (χ0n) is 49.5. The Balaban J connectivity index is 4.35. The third-order valence-electron chi connectivity index (χ3n) is 13.2. The highest BCUT2D eigenvalue weighted by molar-refractivity contribution is 5.71. The summed E-state index contributed by atoms with van der Waals surface area (Å²) in [4.78, 5) is 38.2. The number of carbonyl (C=O) groups is 3. The fraction of sp³-hybridized carbons (Fsp3) is 0.671. The van der Waals surface area contributed by atoms with Crippen molar-refractivity contribution < 1.29 is 28.6 Å². The monoisotopic (exact) mass is 1050 g/mol. The van der Waals surface area contributed by atoms with Crippen LogP contribution in [0.3, 0.4) is 0 Å². The van der Waals surface area contributed by atoms with E-state index in [0.29, 0.717) is 19.3 Å². The standard InChI is InChI=1S/C70H116O6/c1-4-7-10-13-16-19-22-25-27-29-31-32-33-34-35-36-37-38-39-41-42-45-48-51-54-57-60-63-69(72)75-66-67(65-74-68(71)62-59-56-53-50-47-44-24-21-18-15-12-9-6-3)76-70(73)64-61-58-55-52-49-46-43-40-30-28-26-23-20-17-14-11-8-5-2/h7,9-10,12,16,18-19,21,25,27-28,30-32,34-35,44,47,53,56,67H,4-6,8,11,13-15,17,20,22-24,26,29,33,36-43,45-46,48-52,54-55,57-66H2,1-3H3/b10-7-,12-9-,19-16-,21-18-,27-25-,30-28-,32-31-,35-34-,47-44-,56-53-. The van der Waals surface area contributed by atoms with E-state index in [4.69, 9.17) is 14.2 Å². The molecular weight excluding hydrogens is 937 g/mol. The molecule has 0 aromatic rings. The largest absolute Gasteiger partial charge is 0.462 e. The maximum Gasteiger partial charge on any atom is 0.306 e.